The molecule has 0 aromatic heterocycles. The summed E-state index contributed by atoms with van der Waals surface area (Å²) in [6.45, 7) is 0. The van der Waals surface area contributed by atoms with Crippen molar-refractivity contribution in [3.63, 3.8) is 0 Å². The second-order valence-electron chi connectivity index (χ2n) is 2.99. The summed E-state index contributed by atoms with van der Waals surface area (Å²) in [6, 6.07) is 7.67. The summed E-state index contributed by atoms with van der Waals surface area (Å²) in [5, 5.41) is 0. The molecule has 1 aromatic carbocycles. The van der Waals surface area contributed by atoms with Crippen LogP contribution >= 0.6 is 0 Å². The minimum Gasteiger partial charge on any atom is -0.490 e. The smallest absolute Gasteiger partial charge is 0.120 e. The molecule has 0 spiro atoms. The maximum Gasteiger partial charge on any atom is 0.120 e. The summed E-state index contributed by atoms with van der Waals surface area (Å²) in [5.41, 5.74) is 0.883. The summed E-state index contributed by atoms with van der Waals surface area (Å²) >= 11 is 0. The van der Waals surface area contributed by atoms with Crippen LogP contribution in [0.5, 0.6) is 5.75 Å². The van der Waals surface area contributed by atoms with E-state index in [1.807, 2.05) is 24.3 Å². The Bertz CT molecular complexity index is 318. The van der Waals surface area contributed by atoms with Crippen LogP contribution in [0.15, 0.2) is 24.3 Å². The molecule has 1 nitrogen and oxygen atoms in total. The highest BCUT2D eigenvalue weighted by atomic mass is 16.5. The van der Waals surface area contributed by atoms with Crippen LogP contribution in [0, 0.1) is 12.3 Å². The van der Waals surface area contributed by atoms with E-state index in [1.54, 1.807) is 0 Å². The minimum absolute atomic E-state index is 0.443. The quantitative estimate of drug-likeness (QED) is 0.599. The molecule has 0 saturated heterocycles. The molecule has 0 unspecified atom stereocenters. The molecular formula is C11H10O. The van der Waals surface area contributed by atoms with E-state index in [9.17, 15) is 0 Å². The molecule has 1 aliphatic carbocycles. The first-order valence-corrected chi connectivity index (χ1v) is 4.12. The zero-order chi connectivity index (χ0) is 8.39. The van der Waals surface area contributed by atoms with Gasteiger partial charge < -0.3 is 4.74 Å². The van der Waals surface area contributed by atoms with Gasteiger partial charge in [-0.3, -0.25) is 0 Å². The molecule has 1 aliphatic rings. The number of ether oxygens (including phenoxy) is 1. The average molecular weight is 158 g/mol. The van der Waals surface area contributed by atoms with Gasteiger partial charge in [0.25, 0.3) is 0 Å². The minimum atomic E-state index is 0.443. The van der Waals surface area contributed by atoms with E-state index in [0.29, 0.717) is 6.10 Å². The van der Waals surface area contributed by atoms with Crippen molar-refractivity contribution in [3.05, 3.63) is 29.8 Å². The molecule has 0 N–H and O–H groups in total. The fourth-order valence-electron chi connectivity index (χ4n) is 1.04. The molecule has 60 valence electrons. The van der Waals surface area contributed by atoms with Crippen LogP contribution in [0.25, 0.3) is 0 Å². The van der Waals surface area contributed by atoms with Crippen LogP contribution in [0.3, 0.4) is 0 Å². The van der Waals surface area contributed by atoms with Gasteiger partial charge in [0, 0.05) is 5.56 Å². The van der Waals surface area contributed by atoms with Crippen molar-refractivity contribution in [1.29, 1.82) is 0 Å². The fourth-order valence-corrected chi connectivity index (χ4v) is 1.04. The molecule has 0 atom stereocenters. The van der Waals surface area contributed by atoms with E-state index in [-0.39, 0.29) is 0 Å². The molecule has 1 fully saturated rings. The van der Waals surface area contributed by atoms with Gasteiger partial charge in [0.05, 0.1) is 6.10 Å². The highest BCUT2D eigenvalue weighted by Gasteiger charge is 2.23. The molecule has 0 amide bonds. The Morgan fingerprint density at radius 3 is 2.92 bits per heavy atom. The molecule has 0 radical (unpaired) electrons. The lowest BCUT2D eigenvalue weighted by Gasteiger charge is -2.03. The first-order valence-electron chi connectivity index (χ1n) is 4.12. The first-order chi connectivity index (χ1) is 5.88. The second-order valence-corrected chi connectivity index (χ2v) is 2.99. The lowest BCUT2D eigenvalue weighted by molar-refractivity contribution is 0.303. The summed E-state index contributed by atoms with van der Waals surface area (Å²) in [7, 11) is 0. The van der Waals surface area contributed by atoms with E-state index in [4.69, 9.17) is 11.2 Å². The Balaban J connectivity index is 2.15. The zero-order valence-electron chi connectivity index (χ0n) is 6.79. The van der Waals surface area contributed by atoms with E-state index in [1.165, 1.54) is 12.8 Å². The average Bonchev–Trinajstić information content (AvgIpc) is 2.89. The van der Waals surface area contributed by atoms with Crippen molar-refractivity contribution in [1.82, 2.24) is 0 Å². The maximum atomic E-state index is 5.57. The van der Waals surface area contributed by atoms with E-state index >= 15 is 0 Å². The Hall–Kier alpha value is -1.42. The highest BCUT2D eigenvalue weighted by molar-refractivity contribution is 5.38. The van der Waals surface area contributed by atoms with Gasteiger partial charge >= 0.3 is 0 Å². The van der Waals surface area contributed by atoms with Gasteiger partial charge in [-0.1, -0.05) is 12.0 Å². The molecule has 0 bridgehead atoms. The topological polar surface area (TPSA) is 9.23 Å². The summed E-state index contributed by atoms with van der Waals surface area (Å²) in [5.74, 6) is 3.48. The fraction of sp³-hybridized carbons (Fsp3) is 0.273. The number of rotatable bonds is 2. The number of hydrogen-bond acceptors (Lipinski definition) is 1. The van der Waals surface area contributed by atoms with E-state index < -0.39 is 0 Å². The van der Waals surface area contributed by atoms with Gasteiger partial charge in [-0.15, -0.1) is 6.42 Å². The standard InChI is InChI=1S/C11H10O/c1-2-9-4-3-5-11(8-9)12-10-6-7-10/h1,3-5,8,10H,6-7H2. The monoisotopic (exact) mass is 158 g/mol. The molecule has 2 rings (SSSR count). The lowest BCUT2D eigenvalue weighted by atomic mass is 10.2. The SMILES string of the molecule is C#Cc1cccc(OC2CC2)c1. The summed E-state index contributed by atoms with van der Waals surface area (Å²) in [6.07, 6.45) is 8.06. The van der Waals surface area contributed by atoms with Gasteiger partial charge in [-0.25, -0.2) is 0 Å². The number of hydrogen-bond donors (Lipinski definition) is 0. The van der Waals surface area contributed by atoms with Crippen molar-refractivity contribution < 1.29 is 4.74 Å². The van der Waals surface area contributed by atoms with Crippen molar-refractivity contribution in [2.75, 3.05) is 0 Å². The molecule has 12 heavy (non-hydrogen) atoms. The van der Waals surface area contributed by atoms with Crippen molar-refractivity contribution in [2.45, 2.75) is 18.9 Å². The lowest BCUT2D eigenvalue weighted by Crippen LogP contribution is -1.95. The van der Waals surface area contributed by atoms with Crippen LogP contribution in [0.1, 0.15) is 18.4 Å². The zero-order valence-corrected chi connectivity index (χ0v) is 6.79. The predicted octanol–water partition coefficient (Wildman–Crippen LogP) is 2.21. The molecule has 0 aliphatic heterocycles. The van der Waals surface area contributed by atoms with Crippen molar-refractivity contribution in [3.8, 4) is 18.1 Å². The van der Waals surface area contributed by atoms with E-state index in [0.717, 1.165) is 11.3 Å². The molecule has 1 aromatic rings. The van der Waals surface area contributed by atoms with Gasteiger partial charge in [-0.2, -0.15) is 0 Å². The van der Waals surface area contributed by atoms with Gasteiger partial charge in [0.15, 0.2) is 0 Å². The van der Waals surface area contributed by atoms with Crippen LogP contribution in [-0.4, -0.2) is 6.10 Å². The van der Waals surface area contributed by atoms with Crippen LogP contribution < -0.4 is 4.74 Å². The number of benzene rings is 1. The third-order valence-corrected chi connectivity index (χ3v) is 1.83. The first kappa shape index (κ1) is 7.24. The third-order valence-electron chi connectivity index (χ3n) is 1.83. The molecular weight excluding hydrogens is 148 g/mol. The number of terminal acetylenes is 1. The molecule has 1 heteroatoms. The normalized spacial score (nSPS) is 15.2. The Morgan fingerprint density at radius 2 is 2.25 bits per heavy atom. The Kier molecular flexibility index (Phi) is 1.75. The maximum absolute atomic E-state index is 5.57. The molecule has 0 heterocycles. The van der Waals surface area contributed by atoms with Crippen LogP contribution in [0.4, 0.5) is 0 Å². The van der Waals surface area contributed by atoms with Gasteiger partial charge in [0.2, 0.25) is 0 Å². The van der Waals surface area contributed by atoms with Crippen molar-refractivity contribution in [2.24, 2.45) is 0 Å². The second kappa shape index (κ2) is 2.91. The van der Waals surface area contributed by atoms with Crippen LogP contribution in [-0.2, 0) is 0 Å². The summed E-state index contributed by atoms with van der Waals surface area (Å²) < 4.78 is 5.57. The largest absolute Gasteiger partial charge is 0.490 e. The van der Waals surface area contributed by atoms with Crippen molar-refractivity contribution >= 4 is 0 Å². The van der Waals surface area contributed by atoms with E-state index in [2.05, 4.69) is 5.92 Å². The highest BCUT2D eigenvalue weighted by Crippen LogP contribution is 2.26. The van der Waals surface area contributed by atoms with Gasteiger partial charge in [-0.05, 0) is 31.0 Å². The third kappa shape index (κ3) is 1.60. The summed E-state index contributed by atoms with van der Waals surface area (Å²) in [4.78, 5) is 0. The Labute approximate surface area is 72.4 Å². The molecule has 1 saturated carbocycles. The predicted molar refractivity (Wildman–Crippen MR) is 48.0 cm³/mol. The van der Waals surface area contributed by atoms with Gasteiger partial charge in [0.1, 0.15) is 5.75 Å². The van der Waals surface area contributed by atoms with Crippen LogP contribution in [0.2, 0.25) is 0 Å². The Morgan fingerprint density at radius 1 is 1.42 bits per heavy atom.